The highest BCUT2D eigenvalue weighted by Crippen LogP contribution is 2.28. The Balaban J connectivity index is 2.14. The number of aromatic nitrogens is 1. The Morgan fingerprint density at radius 1 is 1.35 bits per heavy atom. The van der Waals surface area contributed by atoms with Crippen LogP contribution < -0.4 is 0 Å². The van der Waals surface area contributed by atoms with Crippen molar-refractivity contribution >= 4 is 11.9 Å². The Morgan fingerprint density at radius 2 is 2.00 bits per heavy atom. The van der Waals surface area contributed by atoms with E-state index in [1.54, 1.807) is 12.1 Å². The molecule has 5 nitrogen and oxygen atoms in total. The van der Waals surface area contributed by atoms with Crippen LogP contribution in [0, 0.1) is 5.92 Å². The molecule has 0 atom stereocenters. The number of carbonyl (C=O) groups excluding carboxylic acids is 1. The molecule has 1 aliphatic rings. The van der Waals surface area contributed by atoms with Crippen molar-refractivity contribution in [1.29, 1.82) is 0 Å². The van der Waals surface area contributed by atoms with Crippen molar-refractivity contribution in [3.8, 4) is 0 Å². The first-order valence-electron chi connectivity index (χ1n) is 7.00. The van der Waals surface area contributed by atoms with E-state index in [1.807, 2.05) is 4.90 Å². The number of nitrogens with zero attached hydrogens (tertiary/aromatic N) is 2. The number of carbonyl (C=O) groups is 2. The van der Waals surface area contributed by atoms with Gasteiger partial charge in [0.2, 0.25) is 0 Å². The third-order valence-electron chi connectivity index (χ3n) is 3.38. The van der Waals surface area contributed by atoms with Crippen LogP contribution in [0.1, 0.15) is 54.1 Å². The zero-order valence-electron chi connectivity index (χ0n) is 11.9. The van der Waals surface area contributed by atoms with E-state index in [4.69, 9.17) is 5.11 Å². The maximum Gasteiger partial charge on any atom is 0.354 e. The molecular weight excluding hydrogens is 256 g/mol. The summed E-state index contributed by atoms with van der Waals surface area (Å²) in [6, 6.07) is 4.85. The molecule has 1 heterocycles. The van der Waals surface area contributed by atoms with E-state index in [0.29, 0.717) is 18.5 Å². The summed E-state index contributed by atoms with van der Waals surface area (Å²) < 4.78 is 0. The lowest BCUT2D eigenvalue weighted by Gasteiger charge is -2.23. The summed E-state index contributed by atoms with van der Waals surface area (Å²) in [6.07, 6.45) is 3.01. The third kappa shape index (κ3) is 3.56. The van der Waals surface area contributed by atoms with Crippen LogP contribution in [0.15, 0.2) is 18.2 Å². The normalized spacial score (nSPS) is 14.3. The minimum atomic E-state index is -1.11. The Bertz CT molecular complexity index is 510. The van der Waals surface area contributed by atoms with Gasteiger partial charge in [-0.15, -0.1) is 0 Å². The van der Waals surface area contributed by atoms with Crippen LogP contribution in [-0.4, -0.2) is 39.5 Å². The molecule has 0 spiro atoms. The van der Waals surface area contributed by atoms with Crippen LogP contribution in [0.4, 0.5) is 0 Å². The Morgan fingerprint density at radius 3 is 2.55 bits per heavy atom. The average Bonchev–Trinajstić information content (AvgIpc) is 3.23. The summed E-state index contributed by atoms with van der Waals surface area (Å²) >= 11 is 0. The number of hydrogen-bond acceptors (Lipinski definition) is 3. The summed E-state index contributed by atoms with van der Waals surface area (Å²) in [7, 11) is 0. The Hall–Kier alpha value is -1.91. The smallest absolute Gasteiger partial charge is 0.354 e. The van der Waals surface area contributed by atoms with Crippen LogP contribution in [0.2, 0.25) is 0 Å². The second kappa shape index (κ2) is 6.03. The first-order valence-corrected chi connectivity index (χ1v) is 7.00. The van der Waals surface area contributed by atoms with Crippen molar-refractivity contribution in [2.75, 3.05) is 6.54 Å². The minimum Gasteiger partial charge on any atom is -0.477 e. The van der Waals surface area contributed by atoms with Gasteiger partial charge in [0.1, 0.15) is 11.4 Å². The molecule has 5 heteroatoms. The molecule has 1 aromatic heterocycles. The summed E-state index contributed by atoms with van der Waals surface area (Å²) in [4.78, 5) is 29.2. The van der Waals surface area contributed by atoms with E-state index in [1.165, 1.54) is 6.07 Å². The fourth-order valence-electron chi connectivity index (χ4n) is 2.05. The fourth-order valence-corrected chi connectivity index (χ4v) is 2.05. The molecule has 108 valence electrons. The third-order valence-corrected chi connectivity index (χ3v) is 3.38. The molecule has 0 aliphatic heterocycles. The summed E-state index contributed by atoms with van der Waals surface area (Å²) in [5.41, 5.74) is 0.135. The van der Waals surface area contributed by atoms with E-state index in [9.17, 15) is 9.59 Å². The van der Waals surface area contributed by atoms with Crippen LogP contribution in [-0.2, 0) is 0 Å². The largest absolute Gasteiger partial charge is 0.477 e. The molecule has 1 aliphatic carbocycles. The molecule has 0 bridgehead atoms. The van der Waals surface area contributed by atoms with Gasteiger partial charge in [-0.2, -0.15) is 0 Å². The Kier molecular flexibility index (Phi) is 4.37. The lowest BCUT2D eigenvalue weighted by molar-refractivity contribution is 0.0689. The van der Waals surface area contributed by atoms with Gasteiger partial charge >= 0.3 is 5.97 Å². The predicted molar refractivity (Wildman–Crippen MR) is 74.7 cm³/mol. The van der Waals surface area contributed by atoms with Gasteiger partial charge in [-0.25, -0.2) is 9.78 Å². The molecule has 0 saturated heterocycles. The van der Waals surface area contributed by atoms with Gasteiger partial charge in [-0.1, -0.05) is 19.9 Å². The maximum atomic E-state index is 12.5. The monoisotopic (exact) mass is 276 g/mol. The van der Waals surface area contributed by atoms with Gasteiger partial charge in [0.15, 0.2) is 0 Å². The van der Waals surface area contributed by atoms with Crippen LogP contribution in [0.3, 0.4) is 0 Å². The fraction of sp³-hybridized carbons (Fsp3) is 0.533. The van der Waals surface area contributed by atoms with Crippen molar-refractivity contribution in [1.82, 2.24) is 9.88 Å². The standard InChI is InChI=1S/C15H20N2O3/c1-10(2)8-9-17(11-6-7-11)14(18)12-4-3-5-13(16-12)15(19)20/h3-5,10-11H,6-9H2,1-2H3,(H,19,20). The molecule has 0 unspecified atom stereocenters. The number of carboxylic acid groups (broad SMARTS) is 1. The molecule has 1 aromatic rings. The Labute approximate surface area is 118 Å². The average molecular weight is 276 g/mol. The quantitative estimate of drug-likeness (QED) is 0.866. The second-order valence-corrected chi connectivity index (χ2v) is 5.63. The van der Waals surface area contributed by atoms with Crippen molar-refractivity contribution in [3.63, 3.8) is 0 Å². The minimum absolute atomic E-state index is 0.0875. The maximum absolute atomic E-state index is 12.5. The molecule has 1 fully saturated rings. The lowest BCUT2D eigenvalue weighted by Crippen LogP contribution is -2.35. The topological polar surface area (TPSA) is 70.5 Å². The molecule has 0 radical (unpaired) electrons. The highest BCUT2D eigenvalue weighted by molar-refractivity contribution is 5.94. The first-order chi connectivity index (χ1) is 9.49. The van der Waals surface area contributed by atoms with Crippen molar-refractivity contribution in [2.24, 2.45) is 5.92 Å². The van der Waals surface area contributed by atoms with E-state index in [-0.39, 0.29) is 17.3 Å². The van der Waals surface area contributed by atoms with Crippen LogP contribution in [0.5, 0.6) is 0 Å². The molecule has 1 N–H and O–H groups in total. The molecule has 1 saturated carbocycles. The lowest BCUT2D eigenvalue weighted by atomic mass is 10.1. The molecule has 1 amide bonds. The van der Waals surface area contributed by atoms with E-state index in [0.717, 1.165) is 19.3 Å². The van der Waals surface area contributed by atoms with Crippen LogP contribution >= 0.6 is 0 Å². The van der Waals surface area contributed by atoms with E-state index >= 15 is 0 Å². The van der Waals surface area contributed by atoms with Gasteiger partial charge in [0.25, 0.3) is 5.91 Å². The van der Waals surface area contributed by atoms with Crippen molar-refractivity contribution < 1.29 is 14.7 Å². The molecular formula is C15H20N2O3. The van der Waals surface area contributed by atoms with Gasteiger partial charge in [-0.3, -0.25) is 4.79 Å². The van der Waals surface area contributed by atoms with Crippen molar-refractivity contribution in [3.05, 3.63) is 29.6 Å². The van der Waals surface area contributed by atoms with Gasteiger partial charge in [0.05, 0.1) is 0 Å². The molecule has 20 heavy (non-hydrogen) atoms. The number of hydrogen-bond donors (Lipinski definition) is 1. The van der Waals surface area contributed by atoms with Crippen molar-refractivity contribution in [2.45, 2.75) is 39.2 Å². The highest BCUT2D eigenvalue weighted by atomic mass is 16.4. The van der Waals surface area contributed by atoms with Gasteiger partial charge in [-0.05, 0) is 37.3 Å². The predicted octanol–water partition coefficient (Wildman–Crippen LogP) is 2.43. The molecule has 2 rings (SSSR count). The summed E-state index contributed by atoms with van der Waals surface area (Å²) in [5.74, 6) is -0.738. The van der Waals surface area contributed by atoms with Gasteiger partial charge < -0.3 is 10.0 Å². The zero-order chi connectivity index (χ0) is 14.7. The summed E-state index contributed by atoms with van der Waals surface area (Å²) in [5, 5.41) is 8.94. The SMILES string of the molecule is CC(C)CCN(C(=O)c1cccc(C(=O)O)n1)C1CC1. The zero-order valence-corrected chi connectivity index (χ0v) is 11.9. The van der Waals surface area contributed by atoms with E-state index in [2.05, 4.69) is 18.8 Å². The first kappa shape index (κ1) is 14.5. The number of pyridine rings is 1. The highest BCUT2D eigenvalue weighted by Gasteiger charge is 2.33. The number of carboxylic acids is 1. The van der Waals surface area contributed by atoms with E-state index < -0.39 is 5.97 Å². The molecule has 0 aromatic carbocycles. The number of aromatic carboxylic acids is 1. The second-order valence-electron chi connectivity index (χ2n) is 5.63. The van der Waals surface area contributed by atoms with Gasteiger partial charge in [0, 0.05) is 12.6 Å². The van der Waals surface area contributed by atoms with Crippen LogP contribution in [0.25, 0.3) is 0 Å². The number of amides is 1. The number of rotatable bonds is 6. The summed E-state index contributed by atoms with van der Waals surface area (Å²) in [6.45, 7) is 4.96.